The van der Waals surface area contributed by atoms with Crippen LogP contribution in [0.3, 0.4) is 0 Å². The average molecular weight is 473 g/mol. The monoisotopic (exact) mass is 472 g/mol. The molecule has 0 spiro atoms. The molecule has 2 aliphatic heterocycles. The molecule has 0 aromatic heterocycles. The van der Waals surface area contributed by atoms with E-state index in [1.165, 1.54) is 4.90 Å². The van der Waals surface area contributed by atoms with Crippen molar-refractivity contribution in [3.8, 4) is 5.75 Å². The van der Waals surface area contributed by atoms with Crippen LogP contribution in [0.5, 0.6) is 5.75 Å². The number of amides is 3. The third-order valence-electron chi connectivity index (χ3n) is 7.31. The van der Waals surface area contributed by atoms with Crippen molar-refractivity contribution in [1.82, 2.24) is 0 Å². The zero-order chi connectivity index (χ0) is 24.7. The number of carbonyl (C=O) groups excluding carboxylic acids is 4. The molecule has 0 bridgehead atoms. The van der Waals surface area contributed by atoms with Gasteiger partial charge in [-0.1, -0.05) is 44.2 Å². The lowest BCUT2D eigenvalue weighted by atomic mass is 9.78. The lowest BCUT2D eigenvalue weighted by molar-refractivity contribution is -0.139. The second kappa shape index (κ2) is 9.13. The van der Waals surface area contributed by atoms with E-state index in [1.54, 1.807) is 29.2 Å². The third-order valence-corrected chi connectivity index (χ3v) is 7.31. The fraction of sp³-hybridized carbons (Fsp3) is 0.357. The maximum Gasteiger partial charge on any atom is 0.316 e. The van der Waals surface area contributed by atoms with Crippen molar-refractivity contribution in [1.29, 1.82) is 0 Å². The molecule has 2 heterocycles. The molecular weight excluding hydrogens is 444 g/mol. The molecular formula is C28H28N2O5. The van der Waals surface area contributed by atoms with Gasteiger partial charge >= 0.3 is 5.97 Å². The highest BCUT2D eigenvalue weighted by Gasteiger charge is 2.50. The van der Waals surface area contributed by atoms with Crippen LogP contribution in [-0.2, 0) is 25.6 Å². The number of rotatable bonds is 5. The number of hydrogen-bond acceptors (Lipinski definition) is 5. The van der Waals surface area contributed by atoms with Gasteiger partial charge < -0.3 is 9.64 Å². The fourth-order valence-electron chi connectivity index (χ4n) is 5.44. The van der Waals surface area contributed by atoms with Crippen LogP contribution < -0.4 is 14.5 Å². The predicted molar refractivity (Wildman–Crippen MR) is 131 cm³/mol. The molecule has 0 radical (unpaired) electrons. The Morgan fingerprint density at radius 3 is 2.49 bits per heavy atom. The molecule has 3 amide bonds. The van der Waals surface area contributed by atoms with Gasteiger partial charge in [-0.15, -0.1) is 0 Å². The highest BCUT2D eigenvalue weighted by Crippen LogP contribution is 2.40. The molecule has 5 rings (SSSR count). The number of benzene rings is 2. The van der Waals surface area contributed by atoms with Crippen LogP contribution >= 0.6 is 0 Å². The van der Waals surface area contributed by atoms with E-state index in [0.29, 0.717) is 17.9 Å². The topological polar surface area (TPSA) is 84.0 Å². The Hall–Kier alpha value is -3.74. The van der Waals surface area contributed by atoms with E-state index in [1.807, 2.05) is 50.3 Å². The van der Waals surface area contributed by atoms with Crippen LogP contribution in [0.25, 0.3) is 0 Å². The van der Waals surface area contributed by atoms with Crippen LogP contribution in [0.2, 0.25) is 0 Å². The van der Waals surface area contributed by atoms with Gasteiger partial charge in [0, 0.05) is 18.7 Å². The van der Waals surface area contributed by atoms with Gasteiger partial charge in [0.2, 0.25) is 17.7 Å². The number of fused-ring (bicyclic) bond motifs is 1. The minimum atomic E-state index is -0.564. The second-order valence-corrected chi connectivity index (χ2v) is 9.47. The van der Waals surface area contributed by atoms with Gasteiger partial charge in [0.25, 0.3) is 0 Å². The normalized spacial score (nSPS) is 25.8. The van der Waals surface area contributed by atoms with Crippen molar-refractivity contribution in [3.63, 3.8) is 0 Å². The summed E-state index contributed by atoms with van der Waals surface area (Å²) in [4.78, 5) is 54.2. The molecule has 2 fully saturated rings. The van der Waals surface area contributed by atoms with Gasteiger partial charge in [0.1, 0.15) is 5.75 Å². The van der Waals surface area contributed by atoms with Gasteiger partial charge in [-0.05, 0) is 54.7 Å². The molecule has 0 unspecified atom stereocenters. The molecule has 7 nitrogen and oxygen atoms in total. The minimum absolute atomic E-state index is 0.0217. The number of carbonyl (C=O) groups is 4. The number of para-hydroxylation sites is 1. The lowest BCUT2D eigenvalue weighted by Crippen LogP contribution is -2.31. The van der Waals surface area contributed by atoms with Crippen LogP contribution in [0.4, 0.5) is 11.4 Å². The Labute approximate surface area is 204 Å². The number of imide groups is 1. The van der Waals surface area contributed by atoms with E-state index in [0.717, 1.165) is 17.7 Å². The van der Waals surface area contributed by atoms with E-state index >= 15 is 0 Å². The zero-order valence-corrected chi connectivity index (χ0v) is 19.8. The maximum absolute atomic E-state index is 13.0. The van der Waals surface area contributed by atoms with E-state index in [4.69, 9.17) is 4.74 Å². The molecule has 2 aromatic rings. The molecule has 7 heteroatoms. The molecule has 2 aromatic carbocycles. The second-order valence-electron chi connectivity index (χ2n) is 9.47. The van der Waals surface area contributed by atoms with E-state index in [-0.39, 0.29) is 48.4 Å². The number of aryl methyl sites for hydroxylation is 1. The number of allylic oxidation sites excluding steroid dienone is 2. The van der Waals surface area contributed by atoms with Crippen LogP contribution in [-0.4, -0.2) is 30.2 Å². The van der Waals surface area contributed by atoms with E-state index in [9.17, 15) is 19.2 Å². The number of hydrogen-bond donors (Lipinski definition) is 0. The summed E-state index contributed by atoms with van der Waals surface area (Å²) in [6.45, 7) is 4.27. The summed E-state index contributed by atoms with van der Waals surface area (Å²) < 4.78 is 5.55. The van der Waals surface area contributed by atoms with Gasteiger partial charge in [-0.25, -0.2) is 0 Å². The highest BCUT2D eigenvalue weighted by atomic mass is 16.5. The molecule has 3 aliphatic rings. The molecule has 180 valence electrons. The fourth-order valence-corrected chi connectivity index (χ4v) is 5.44. The lowest BCUT2D eigenvalue weighted by Gasteiger charge is -2.22. The first kappa shape index (κ1) is 23.0. The zero-order valence-electron chi connectivity index (χ0n) is 19.8. The Bertz CT molecular complexity index is 1220. The first-order valence-electron chi connectivity index (χ1n) is 12.1. The van der Waals surface area contributed by atoms with Gasteiger partial charge in [0.05, 0.1) is 23.4 Å². The molecule has 2 saturated heterocycles. The Morgan fingerprint density at radius 2 is 1.77 bits per heavy atom. The van der Waals surface area contributed by atoms with Crippen molar-refractivity contribution >= 4 is 35.1 Å². The molecule has 1 aliphatic carbocycles. The molecule has 4 atom stereocenters. The number of anilines is 2. The summed E-state index contributed by atoms with van der Waals surface area (Å²) in [5.41, 5.74) is 2.37. The van der Waals surface area contributed by atoms with Crippen molar-refractivity contribution < 1.29 is 23.9 Å². The highest BCUT2D eigenvalue weighted by molar-refractivity contribution is 6.22. The van der Waals surface area contributed by atoms with Crippen LogP contribution in [0.15, 0.2) is 60.7 Å². The Balaban J connectivity index is 1.26. The maximum atomic E-state index is 13.0. The number of esters is 1. The molecule has 35 heavy (non-hydrogen) atoms. The SMILES string of the molecule is CCc1ccccc1N1C[C@H](C(=O)Oc2ccc(N3C(=O)[C@@H]4[C@@H](C)C=CC[C@H]4C3=O)cc2)CC1=O. The van der Waals surface area contributed by atoms with Crippen molar-refractivity contribution in [3.05, 3.63) is 66.2 Å². The summed E-state index contributed by atoms with van der Waals surface area (Å²) in [5, 5.41) is 0. The summed E-state index contributed by atoms with van der Waals surface area (Å²) in [7, 11) is 0. The third kappa shape index (κ3) is 4.05. The van der Waals surface area contributed by atoms with E-state index in [2.05, 4.69) is 0 Å². The summed E-state index contributed by atoms with van der Waals surface area (Å²) in [5.74, 6) is -1.81. The van der Waals surface area contributed by atoms with Crippen LogP contribution in [0.1, 0.15) is 32.3 Å². The van der Waals surface area contributed by atoms with Crippen molar-refractivity contribution in [2.45, 2.75) is 33.1 Å². The molecule has 0 saturated carbocycles. The van der Waals surface area contributed by atoms with E-state index < -0.39 is 11.9 Å². The number of ether oxygens (including phenoxy) is 1. The largest absolute Gasteiger partial charge is 0.426 e. The average Bonchev–Trinajstić information content (AvgIpc) is 3.37. The van der Waals surface area contributed by atoms with Crippen molar-refractivity contribution in [2.75, 3.05) is 16.3 Å². The predicted octanol–water partition coefficient (Wildman–Crippen LogP) is 3.91. The smallest absolute Gasteiger partial charge is 0.316 e. The summed E-state index contributed by atoms with van der Waals surface area (Å²) in [6, 6.07) is 14.1. The molecule has 0 N–H and O–H groups in total. The van der Waals surface area contributed by atoms with Gasteiger partial charge in [0.15, 0.2) is 0 Å². The van der Waals surface area contributed by atoms with Gasteiger partial charge in [-0.2, -0.15) is 0 Å². The number of nitrogens with zero attached hydrogens (tertiary/aromatic N) is 2. The first-order valence-corrected chi connectivity index (χ1v) is 12.1. The van der Waals surface area contributed by atoms with Crippen LogP contribution in [0, 0.1) is 23.7 Å². The minimum Gasteiger partial charge on any atom is -0.426 e. The van der Waals surface area contributed by atoms with Crippen molar-refractivity contribution in [2.24, 2.45) is 23.7 Å². The summed E-state index contributed by atoms with van der Waals surface area (Å²) in [6.07, 6.45) is 5.43. The summed E-state index contributed by atoms with van der Waals surface area (Å²) >= 11 is 0. The Kier molecular flexibility index (Phi) is 6.01. The first-order chi connectivity index (χ1) is 16.9. The Morgan fingerprint density at radius 1 is 1.03 bits per heavy atom. The standard InChI is InChI=1S/C28H28N2O5/c1-3-18-8-4-5-10-23(18)29-16-19(15-24(29)31)28(34)35-21-13-11-20(12-14-21)30-26(32)22-9-6-7-17(2)25(22)27(30)33/h4-8,10-14,17,19,22,25H,3,9,15-16H2,1-2H3/t17-,19+,22+,25+/m0/s1. The van der Waals surface area contributed by atoms with Gasteiger partial charge in [-0.3, -0.25) is 24.1 Å². The quantitative estimate of drug-likeness (QED) is 0.285.